The third-order valence-corrected chi connectivity index (χ3v) is 4.05. The number of H-pyrrole nitrogens is 1. The highest BCUT2D eigenvalue weighted by molar-refractivity contribution is 6.33. The number of ether oxygens (including phenoxy) is 1. The number of nitrogens with zero attached hydrogens (tertiary/aromatic N) is 6. The first-order valence-corrected chi connectivity index (χ1v) is 8.47. The third kappa shape index (κ3) is 4.58. The van der Waals surface area contributed by atoms with E-state index in [1.54, 1.807) is 6.07 Å². The molecule has 0 radical (unpaired) electrons. The van der Waals surface area contributed by atoms with Crippen molar-refractivity contribution in [1.29, 1.82) is 5.26 Å². The SMILES string of the molecule is [C-]#[N+]c1ccc(NC(=O)N(Cc2cc(C#N)n[nH]2)c2cnc(OC)nc2)cc1Cl. The van der Waals surface area contributed by atoms with Crippen LogP contribution in [0.5, 0.6) is 6.01 Å². The number of urea groups is 1. The molecule has 1 aromatic carbocycles. The minimum Gasteiger partial charge on any atom is -0.467 e. The predicted molar refractivity (Wildman–Crippen MR) is 105 cm³/mol. The molecule has 0 aliphatic carbocycles. The molecule has 0 aliphatic rings. The molecule has 0 unspecified atom stereocenters. The van der Waals surface area contributed by atoms with Gasteiger partial charge in [-0.1, -0.05) is 17.7 Å². The minimum atomic E-state index is -0.501. The van der Waals surface area contributed by atoms with Gasteiger partial charge in [-0.2, -0.15) is 10.4 Å². The second-order valence-electron chi connectivity index (χ2n) is 5.61. The Morgan fingerprint density at radius 1 is 1.41 bits per heavy atom. The Morgan fingerprint density at radius 2 is 2.17 bits per heavy atom. The van der Waals surface area contributed by atoms with Gasteiger partial charge in [-0.15, -0.1) is 0 Å². The molecular weight excluding hydrogens is 396 g/mol. The molecular formula is C18H13ClN8O2. The fourth-order valence-corrected chi connectivity index (χ4v) is 2.59. The van der Waals surface area contributed by atoms with Gasteiger partial charge in [0.1, 0.15) is 6.07 Å². The summed E-state index contributed by atoms with van der Waals surface area (Å²) in [5, 5.41) is 18.4. The number of methoxy groups -OCH3 is 1. The van der Waals surface area contributed by atoms with E-state index in [1.807, 2.05) is 6.07 Å². The van der Waals surface area contributed by atoms with Gasteiger partial charge in [0.2, 0.25) is 5.69 Å². The first-order chi connectivity index (χ1) is 14.0. The summed E-state index contributed by atoms with van der Waals surface area (Å²) in [6, 6.07) is 7.68. The van der Waals surface area contributed by atoms with Gasteiger partial charge in [-0.05, 0) is 18.2 Å². The number of amides is 2. The lowest BCUT2D eigenvalue weighted by atomic mass is 10.3. The largest absolute Gasteiger partial charge is 0.467 e. The Labute approximate surface area is 170 Å². The average Bonchev–Trinajstić information content (AvgIpc) is 3.20. The molecule has 0 fully saturated rings. The molecule has 0 saturated carbocycles. The normalized spacial score (nSPS) is 9.93. The van der Waals surface area contributed by atoms with Crippen molar-refractivity contribution in [2.75, 3.05) is 17.3 Å². The zero-order valence-electron chi connectivity index (χ0n) is 15.0. The van der Waals surface area contributed by atoms with Crippen LogP contribution in [0, 0.1) is 17.9 Å². The van der Waals surface area contributed by atoms with E-state index in [0.717, 1.165) is 0 Å². The Morgan fingerprint density at radius 3 is 2.76 bits per heavy atom. The molecule has 11 heteroatoms. The van der Waals surface area contributed by atoms with Gasteiger partial charge in [0.15, 0.2) is 5.69 Å². The van der Waals surface area contributed by atoms with E-state index in [4.69, 9.17) is 28.2 Å². The number of hydrogen-bond acceptors (Lipinski definition) is 6. The second-order valence-corrected chi connectivity index (χ2v) is 6.02. The molecule has 144 valence electrons. The van der Waals surface area contributed by atoms with Crippen LogP contribution in [-0.2, 0) is 6.54 Å². The number of carbonyl (C=O) groups excluding carboxylic acids is 1. The maximum Gasteiger partial charge on any atom is 0.326 e. The highest BCUT2D eigenvalue weighted by Gasteiger charge is 2.19. The van der Waals surface area contributed by atoms with E-state index in [1.165, 1.54) is 42.6 Å². The number of carbonyl (C=O) groups is 1. The van der Waals surface area contributed by atoms with Crippen molar-refractivity contribution in [2.45, 2.75) is 6.54 Å². The number of benzene rings is 1. The molecule has 3 aromatic rings. The van der Waals surface area contributed by atoms with E-state index < -0.39 is 6.03 Å². The van der Waals surface area contributed by atoms with Crippen LogP contribution in [0.3, 0.4) is 0 Å². The van der Waals surface area contributed by atoms with Crippen molar-refractivity contribution in [2.24, 2.45) is 0 Å². The first kappa shape index (κ1) is 19.6. The number of nitriles is 1. The predicted octanol–water partition coefficient (Wildman–Crippen LogP) is 3.52. The number of hydrogen-bond donors (Lipinski definition) is 2. The molecule has 3 rings (SSSR count). The number of aromatic nitrogens is 4. The first-order valence-electron chi connectivity index (χ1n) is 8.10. The smallest absolute Gasteiger partial charge is 0.326 e. The maximum atomic E-state index is 12.9. The standard InChI is InChI=1S/C18H13ClN8O2/c1-21-16-4-3-11(6-15(16)19)24-18(28)27(10-13-5-12(7-20)25-26-13)14-8-22-17(29-2)23-9-14/h3-6,8-9H,10H2,2H3,(H,24,28)(H,25,26). The summed E-state index contributed by atoms with van der Waals surface area (Å²) in [4.78, 5) is 25.6. The summed E-state index contributed by atoms with van der Waals surface area (Å²) < 4.78 is 4.94. The fourth-order valence-electron chi connectivity index (χ4n) is 2.37. The molecule has 2 amide bonds. The van der Waals surface area contributed by atoms with Crippen LogP contribution in [-0.4, -0.2) is 33.3 Å². The van der Waals surface area contributed by atoms with Gasteiger partial charge in [0, 0.05) is 10.7 Å². The molecule has 0 spiro atoms. The monoisotopic (exact) mass is 408 g/mol. The lowest BCUT2D eigenvalue weighted by molar-refractivity contribution is 0.256. The summed E-state index contributed by atoms with van der Waals surface area (Å²) in [5.41, 5.74) is 1.82. The number of rotatable bonds is 5. The Bertz CT molecular complexity index is 1110. The quantitative estimate of drug-likeness (QED) is 0.622. The van der Waals surface area contributed by atoms with Crippen LogP contribution in [0.1, 0.15) is 11.4 Å². The van der Waals surface area contributed by atoms with Gasteiger partial charge in [-0.25, -0.2) is 19.6 Å². The lowest BCUT2D eigenvalue weighted by Gasteiger charge is -2.22. The average molecular weight is 409 g/mol. The summed E-state index contributed by atoms with van der Waals surface area (Å²) in [6.07, 6.45) is 2.87. The minimum absolute atomic E-state index is 0.0735. The number of anilines is 2. The highest BCUT2D eigenvalue weighted by atomic mass is 35.5. The maximum absolute atomic E-state index is 12.9. The van der Waals surface area contributed by atoms with Gasteiger partial charge in [0.05, 0.1) is 44.0 Å². The van der Waals surface area contributed by atoms with Gasteiger partial charge < -0.3 is 10.1 Å². The van der Waals surface area contributed by atoms with Crippen LogP contribution < -0.4 is 15.0 Å². The van der Waals surface area contributed by atoms with E-state index in [0.29, 0.717) is 17.1 Å². The Balaban J connectivity index is 1.88. The van der Waals surface area contributed by atoms with Crippen molar-refractivity contribution in [3.8, 4) is 12.1 Å². The van der Waals surface area contributed by atoms with E-state index in [-0.39, 0.29) is 29.0 Å². The number of nitrogens with one attached hydrogen (secondary N) is 2. The molecule has 2 heterocycles. The zero-order chi connectivity index (χ0) is 20.8. The molecule has 0 saturated heterocycles. The van der Waals surface area contributed by atoms with Crippen LogP contribution >= 0.6 is 11.6 Å². The van der Waals surface area contributed by atoms with Crippen molar-refractivity contribution in [3.05, 3.63) is 64.5 Å². The van der Waals surface area contributed by atoms with Crippen LogP contribution in [0.2, 0.25) is 5.02 Å². The van der Waals surface area contributed by atoms with E-state index in [2.05, 4.69) is 30.3 Å². The highest BCUT2D eigenvalue weighted by Crippen LogP contribution is 2.28. The molecule has 0 aliphatic heterocycles. The Hall–Kier alpha value is -4.15. The molecule has 0 atom stereocenters. The van der Waals surface area contributed by atoms with E-state index in [9.17, 15) is 4.79 Å². The zero-order valence-corrected chi connectivity index (χ0v) is 15.8. The van der Waals surface area contributed by atoms with Gasteiger partial charge in [0.25, 0.3) is 0 Å². The lowest BCUT2D eigenvalue weighted by Crippen LogP contribution is -2.34. The summed E-state index contributed by atoms with van der Waals surface area (Å²) in [6.45, 7) is 7.12. The van der Waals surface area contributed by atoms with Gasteiger partial charge >= 0.3 is 12.0 Å². The van der Waals surface area contributed by atoms with Crippen LogP contribution in [0.25, 0.3) is 4.85 Å². The van der Waals surface area contributed by atoms with Crippen molar-refractivity contribution in [1.82, 2.24) is 20.2 Å². The second kappa shape index (κ2) is 8.69. The third-order valence-electron chi connectivity index (χ3n) is 3.75. The van der Waals surface area contributed by atoms with Crippen molar-refractivity contribution < 1.29 is 9.53 Å². The fraction of sp³-hybridized carbons (Fsp3) is 0.111. The van der Waals surface area contributed by atoms with Gasteiger partial charge in [-0.3, -0.25) is 10.00 Å². The van der Waals surface area contributed by atoms with Crippen LogP contribution in [0.4, 0.5) is 21.9 Å². The summed E-state index contributed by atoms with van der Waals surface area (Å²) in [7, 11) is 1.43. The molecule has 2 N–H and O–H groups in total. The van der Waals surface area contributed by atoms with Crippen LogP contribution in [0.15, 0.2) is 36.7 Å². The molecule has 10 nitrogen and oxygen atoms in total. The van der Waals surface area contributed by atoms with E-state index >= 15 is 0 Å². The number of halogens is 1. The molecule has 29 heavy (non-hydrogen) atoms. The van der Waals surface area contributed by atoms with Crippen molar-refractivity contribution >= 4 is 34.7 Å². The summed E-state index contributed by atoms with van der Waals surface area (Å²) in [5.74, 6) is 0. The molecule has 2 aromatic heterocycles. The van der Waals surface area contributed by atoms with Crippen molar-refractivity contribution in [3.63, 3.8) is 0 Å². The number of aromatic amines is 1. The Kier molecular flexibility index (Phi) is 5.88. The molecule has 0 bridgehead atoms. The summed E-state index contributed by atoms with van der Waals surface area (Å²) >= 11 is 6.03. The topological polar surface area (TPSA) is 124 Å².